The molecule has 0 aliphatic heterocycles. The molecule has 4 nitrogen and oxygen atoms in total. The number of quaternary nitrogens is 2. The maximum atomic E-state index is 12.0. The van der Waals surface area contributed by atoms with E-state index in [0.717, 1.165) is 48.0 Å². The van der Waals surface area contributed by atoms with Crippen LogP contribution in [0.5, 0.6) is 0 Å². The molecular formula is C47H85N3O+2. The average molecular weight is 708 g/mol. The summed E-state index contributed by atoms with van der Waals surface area (Å²) < 4.78 is 2.07. The second-order valence-electron chi connectivity index (χ2n) is 16.8. The maximum Gasteiger partial charge on any atom is 0.219 e. The summed E-state index contributed by atoms with van der Waals surface area (Å²) in [6.07, 6.45) is 30.5. The number of amides is 1. The van der Waals surface area contributed by atoms with Crippen molar-refractivity contribution in [3.8, 4) is 0 Å². The molecule has 1 amide bonds. The van der Waals surface area contributed by atoms with E-state index in [-0.39, 0.29) is 5.91 Å². The van der Waals surface area contributed by atoms with Crippen LogP contribution < -0.4 is 5.32 Å². The minimum Gasteiger partial charge on any atom is -0.356 e. The van der Waals surface area contributed by atoms with Gasteiger partial charge in [-0.05, 0) is 19.3 Å². The van der Waals surface area contributed by atoms with Gasteiger partial charge in [0, 0.05) is 30.5 Å². The van der Waals surface area contributed by atoms with Crippen molar-refractivity contribution in [3.05, 3.63) is 71.8 Å². The predicted molar refractivity (Wildman–Crippen MR) is 225 cm³/mol. The van der Waals surface area contributed by atoms with Gasteiger partial charge in [-0.25, -0.2) is 0 Å². The summed E-state index contributed by atoms with van der Waals surface area (Å²) >= 11 is 0. The first kappa shape index (κ1) is 46.9. The van der Waals surface area contributed by atoms with Crippen LogP contribution in [0.1, 0.15) is 173 Å². The number of nitrogens with one attached hydrogen (secondary N) is 1. The van der Waals surface area contributed by atoms with E-state index in [2.05, 4.69) is 108 Å². The molecule has 0 heterocycles. The lowest BCUT2D eigenvalue weighted by atomic mass is 10.1. The zero-order chi connectivity index (χ0) is 37.3. The van der Waals surface area contributed by atoms with E-state index in [0.29, 0.717) is 6.42 Å². The summed E-state index contributed by atoms with van der Waals surface area (Å²) in [5.74, 6) is 0.231. The van der Waals surface area contributed by atoms with E-state index in [1.165, 1.54) is 146 Å². The fourth-order valence-corrected chi connectivity index (χ4v) is 7.11. The quantitative estimate of drug-likeness (QED) is 0.0613. The van der Waals surface area contributed by atoms with Crippen LogP contribution in [0.3, 0.4) is 0 Å². The van der Waals surface area contributed by atoms with Gasteiger partial charge in [-0.2, -0.15) is 0 Å². The lowest BCUT2D eigenvalue weighted by Gasteiger charge is -2.30. The van der Waals surface area contributed by atoms with Crippen LogP contribution in [0.2, 0.25) is 0 Å². The molecule has 0 aliphatic rings. The molecule has 1 N–H and O–H groups in total. The predicted octanol–water partition coefficient (Wildman–Crippen LogP) is 12.7. The smallest absolute Gasteiger partial charge is 0.219 e. The summed E-state index contributed by atoms with van der Waals surface area (Å²) in [5.41, 5.74) is 2.83. The van der Waals surface area contributed by atoms with Gasteiger partial charge in [-0.15, -0.1) is 0 Å². The van der Waals surface area contributed by atoms with Crippen LogP contribution in [0.4, 0.5) is 0 Å². The molecule has 0 aromatic heterocycles. The van der Waals surface area contributed by atoms with Gasteiger partial charge >= 0.3 is 0 Å². The standard InChI is InChI=1S/C26H46N2O.C21H38N/c1-4-5-6-7-8-9-10-11-12-13-17-21-26(29)27-22-18-23-28(2,3)24-25-19-15-14-16-20-25;1-4-5-6-7-8-9-10-11-12-16-19-22(2,3)20-21-17-14-13-15-18-21/h14-16,19-20H,4-13,17-18,21-24H2,1-3H3;13-15,17-18H,4-12,16,19-20H2,1-3H3/q;+1/p+1. The number of unbranched alkanes of at least 4 members (excludes halogenated alkanes) is 19. The van der Waals surface area contributed by atoms with Crippen LogP contribution in [0, 0.1) is 0 Å². The van der Waals surface area contributed by atoms with Crippen LogP contribution in [-0.2, 0) is 17.9 Å². The minimum atomic E-state index is 0.231. The van der Waals surface area contributed by atoms with Crippen molar-refractivity contribution in [3.63, 3.8) is 0 Å². The first-order valence-electron chi connectivity index (χ1n) is 21.7. The number of carbonyl (C=O) groups is 1. The van der Waals surface area contributed by atoms with Gasteiger partial charge in [0.1, 0.15) is 13.1 Å². The zero-order valence-electron chi connectivity index (χ0n) is 34.9. The van der Waals surface area contributed by atoms with Crippen LogP contribution >= 0.6 is 0 Å². The van der Waals surface area contributed by atoms with Crippen molar-refractivity contribution < 1.29 is 13.8 Å². The van der Waals surface area contributed by atoms with E-state index in [1.54, 1.807) is 0 Å². The molecule has 0 atom stereocenters. The van der Waals surface area contributed by atoms with Gasteiger partial charge in [-0.1, -0.05) is 190 Å². The maximum absolute atomic E-state index is 12.0. The lowest BCUT2D eigenvalue weighted by molar-refractivity contribution is -0.903. The number of hydrogen-bond donors (Lipinski definition) is 1. The Morgan fingerprint density at radius 1 is 0.451 bits per heavy atom. The van der Waals surface area contributed by atoms with Gasteiger partial charge in [0.15, 0.2) is 0 Å². The molecule has 4 heteroatoms. The van der Waals surface area contributed by atoms with Gasteiger partial charge in [0.25, 0.3) is 0 Å². The molecule has 0 saturated carbocycles. The average Bonchev–Trinajstić information content (AvgIpc) is 3.10. The molecule has 292 valence electrons. The monoisotopic (exact) mass is 708 g/mol. The van der Waals surface area contributed by atoms with Crippen molar-refractivity contribution in [2.45, 2.75) is 175 Å². The van der Waals surface area contributed by atoms with Crippen LogP contribution in [0.25, 0.3) is 0 Å². The molecule has 51 heavy (non-hydrogen) atoms. The van der Waals surface area contributed by atoms with Gasteiger partial charge in [-0.3, -0.25) is 4.79 Å². The van der Waals surface area contributed by atoms with Crippen molar-refractivity contribution in [2.75, 3.05) is 47.8 Å². The summed E-state index contributed by atoms with van der Waals surface area (Å²) in [6.45, 7) is 9.92. The van der Waals surface area contributed by atoms with E-state index in [9.17, 15) is 4.79 Å². The molecule has 0 unspecified atom stereocenters. The second kappa shape index (κ2) is 31.4. The Labute approximate surface area is 318 Å². The SMILES string of the molecule is CCCCCCCCCCCCCC(=O)NCCC[N+](C)(C)Cc1ccccc1.CCCCCCCCCCCC[N+](C)(C)Cc1ccccc1. The highest BCUT2D eigenvalue weighted by atomic mass is 16.1. The highest BCUT2D eigenvalue weighted by molar-refractivity contribution is 5.75. The molecule has 0 aliphatic carbocycles. The Bertz CT molecular complexity index is 1040. The number of rotatable bonds is 31. The topological polar surface area (TPSA) is 29.1 Å². The third kappa shape index (κ3) is 30.0. The van der Waals surface area contributed by atoms with E-state index in [4.69, 9.17) is 0 Å². The van der Waals surface area contributed by atoms with Crippen molar-refractivity contribution >= 4 is 5.91 Å². The fourth-order valence-electron chi connectivity index (χ4n) is 7.11. The van der Waals surface area contributed by atoms with Crippen molar-refractivity contribution in [1.29, 1.82) is 0 Å². The summed E-state index contributed by atoms with van der Waals surface area (Å²) in [4.78, 5) is 12.0. The number of carbonyl (C=O) groups excluding carboxylic acids is 1. The van der Waals surface area contributed by atoms with Gasteiger partial charge < -0.3 is 14.3 Å². The Balaban J connectivity index is 0.000000530. The van der Waals surface area contributed by atoms with E-state index < -0.39 is 0 Å². The van der Waals surface area contributed by atoms with Crippen LogP contribution in [-0.4, -0.2) is 62.7 Å². The molecule has 0 radical (unpaired) electrons. The molecule has 0 spiro atoms. The van der Waals surface area contributed by atoms with Crippen molar-refractivity contribution in [1.82, 2.24) is 5.32 Å². The molecular weight excluding hydrogens is 623 g/mol. The minimum absolute atomic E-state index is 0.231. The number of hydrogen-bond acceptors (Lipinski definition) is 1. The Morgan fingerprint density at radius 3 is 1.18 bits per heavy atom. The fraction of sp³-hybridized carbons (Fsp3) is 0.723. The Kier molecular flexibility index (Phi) is 28.8. The first-order valence-corrected chi connectivity index (χ1v) is 21.7. The Hall–Kier alpha value is -2.17. The highest BCUT2D eigenvalue weighted by Crippen LogP contribution is 2.15. The number of nitrogens with zero attached hydrogens (tertiary/aromatic N) is 2. The third-order valence-electron chi connectivity index (χ3n) is 10.3. The molecule has 2 aromatic rings. The summed E-state index contributed by atoms with van der Waals surface area (Å²) in [7, 11) is 9.25. The molecule has 0 saturated heterocycles. The molecule has 2 aromatic carbocycles. The summed E-state index contributed by atoms with van der Waals surface area (Å²) in [6, 6.07) is 21.5. The van der Waals surface area contributed by atoms with Crippen LogP contribution in [0.15, 0.2) is 60.7 Å². The Morgan fingerprint density at radius 2 is 0.784 bits per heavy atom. The first-order chi connectivity index (χ1) is 24.7. The molecule has 2 rings (SSSR count). The zero-order valence-corrected chi connectivity index (χ0v) is 34.9. The molecule has 0 bridgehead atoms. The van der Waals surface area contributed by atoms with Gasteiger partial charge in [0.2, 0.25) is 5.91 Å². The molecule has 0 fully saturated rings. The van der Waals surface area contributed by atoms with Crippen molar-refractivity contribution in [2.24, 2.45) is 0 Å². The van der Waals surface area contributed by atoms with Gasteiger partial charge in [0.05, 0.1) is 41.3 Å². The van der Waals surface area contributed by atoms with E-state index in [1.807, 2.05) is 0 Å². The number of benzene rings is 2. The lowest BCUT2D eigenvalue weighted by Crippen LogP contribution is -2.41. The normalized spacial score (nSPS) is 11.6. The summed E-state index contributed by atoms with van der Waals surface area (Å²) in [5, 5.41) is 3.11. The third-order valence-corrected chi connectivity index (χ3v) is 10.3. The largest absolute Gasteiger partial charge is 0.356 e. The second-order valence-corrected chi connectivity index (χ2v) is 16.8. The highest BCUT2D eigenvalue weighted by Gasteiger charge is 2.16. The van der Waals surface area contributed by atoms with E-state index >= 15 is 0 Å².